The fourth-order valence-corrected chi connectivity index (χ4v) is 5.85. The van der Waals surface area contributed by atoms with Gasteiger partial charge in [0.15, 0.2) is 0 Å². The van der Waals surface area contributed by atoms with Crippen molar-refractivity contribution in [3.05, 3.63) is 0 Å². The molecule has 2 N–H and O–H groups in total. The van der Waals surface area contributed by atoms with Crippen LogP contribution >= 0.6 is 11.8 Å². The molecule has 0 aromatic heterocycles. The lowest BCUT2D eigenvalue weighted by Gasteiger charge is -2.56. The third-order valence-corrected chi connectivity index (χ3v) is 6.75. The minimum Gasteiger partial charge on any atom is -0.329 e. The molecule has 0 heterocycles. The van der Waals surface area contributed by atoms with Gasteiger partial charge in [-0.15, -0.1) is 0 Å². The Labute approximate surface area is 105 Å². The van der Waals surface area contributed by atoms with Crippen LogP contribution in [0, 0.1) is 5.41 Å². The molecule has 0 aliphatic heterocycles. The zero-order valence-electron chi connectivity index (χ0n) is 10.9. The lowest BCUT2D eigenvalue weighted by molar-refractivity contribution is 0.0746. The molecule has 2 rings (SSSR count). The van der Waals surface area contributed by atoms with E-state index in [1.165, 1.54) is 51.4 Å². The van der Waals surface area contributed by atoms with Crippen LogP contribution < -0.4 is 5.73 Å². The number of nitrogens with two attached hydrogens (primary N) is 1. The lowest BCUT2D eigenvalue weighted by atomic mass is 9.58. The molecule has 0 amide bonds. The van der Waals surface area contributed by atoms with Crippen LogP contribution in [0.25, 0.3) is 0 Å². The molecule has 0 saturated heterocycles. The number of thioether (sulfide) groups is 1. The van der Waals surface area contributed by atoms with Crippen molar-refractivity contribution < 1.29 is 0 Å². The van der Waals surface area contributed by atoms with Crippen molar-refractivity contribution in [2.24, 2.45) is 11.1 Å². The Kier molecular flexibility index (Phi) is 3.90. The van der Waals surface area contributed by atoms with Crippen molar-refractivity contribution in [2.75, 3.05) is 6.54 Å². The van der Waals surface area contributed by atoms with Crippen LogP contribution in [0.2, 0.25) is 0 Å². The summed E-state index contributed by atoms with van der Waals surface area (Å²) in [5, 5.41) is 0.926. The van der Waals surface area contributed by atoms with Gasteiger partial charge < -0.3 is 5.73 Å². The van der Waals surface area contributed by atoms with Gasteiger partial charge in [-0.1, -0.05) is 39.5 Å². The summed E-state index contributed by atoms with van der Waals surface area (Å²) in [4.78, 5) is 0. The maximum absolute atomic E-state index is 6.06. The summed E-state index contributed by atoms with van der Waals surface area (Å²) in [6.07, 6.45) is 11.2. The first-order chi connectivity index (χ1) is 7.67. The van der Waals surface area contributed by atoms with Crippen molar-refractivity contribution in [2.45, 2.75) is 75.2 Å². The second-order valence-corrected chi connectivity index (χ2v) is 7.74. The molecule has 0 radical (unpaired) electrons. The topological polar surface area (TPSA) is 26.0 Å². The monoisotopic (exact) mass is 241 g/mol. The molecule has 0 bridgehead atoms. The summed E-state index contributed by atoms with van der Waals surface area (Å²) in [5.41, 5.74) is 6.70. The van der Waals surface area contributed by atoms with Gasteiger partial charge in [0.2, 0.25) is 0 Å². The van der Waals surface area contributed by atoms with Gasteiger partial charge in [-0.05, 0) is 31.1 Å². The van der Waals surface area contributed by atoms with Gasteiger partial charge in [-0.3, -0.25) is 0 Å². The van der Waals surface area contributed by atoms with Crippen LogP contribution in [0.15, 0.2) is 0 Å². The second kappa shape index (κ2) is 4.89. The second-order valence-electron chi connectivity index (χ2n) is 5.97. The molecule has 2 fully saturated rings. The molecule has 1 nitrogen and oxygen atoms in total. The van der Waals surface area contributed by atoms with Crippen molar-refractivity contribution in [1.29, 1.82) is 0 Å². The molecule has 0 aromatic rings. The molecule has 2 aliphatic carbocycles. The van der Waals surface area contributed by atoms with E-state index in [9.17, 15) is 0 Å². The van der Waals surface area contributed by atoms with Crippen LogP contribution in [0.4, 0.5) is 0 Å². The molecule has 2 saturated carbocycles. The van der Waals surface area contributed by atoms with Gasteiger partial charge in [-0.25, -0.2) is 0 Å². The smallest absolute Gasteiger partial charge is 0.0295 e. The van der Waals surface area contributed by atoms with Crippen LogP contribution in [-0.4, -0.2) is 16.5 Å². The van der Waals surface area contributed by atoms with Gasteiger partial charge in [0, 0.05) is 16.5 Å². The van der Waals surface area contributed by atoms with E-state index in [4.69, 9.17) is 5.73 Å². The maximum atomic E-state index is 6.06. The molecule has 2 heteroatoms. The van der Waals surface area contributed by atoms with E-state index in [0.29, 0.717) is 10.2 Å². The van der Waals surface area contributed by atoms with E-state index in [2.05, 4.69) is 25.6 Å². The average molecular weight is 241 g/mol. The lowest BCUT2D eigenvalue weighted by Crippen LogP contribution is -2.54. The fraction of sp³-hybridized carbons (Fsp3) is 1.00. The number of rotatable bonds is 5. The van der Waals surface area contributed by atoms with Crippen molar-refractivity contribution in [3.63, 3.8) is 0 Å². The first-order valence-electron chi connectivity index (χ1n) is 7.05. The standard InChI is InChI=1S/C14H27NS/c1-3-13(4-2)9-14(10-13,11-15)16-12-7-5-6-8-12/h12H,3-11,15H2,1-2H3. The highest BCUT2D eigenvalue weighted by molar-refractivity contribution is 8.01. The molecular weight excluding hydrogens is 214 g/mol. The van der Waals surface area contributed by atoms with E-state index < -0.39 is 0 Å². The Morgan fingerprint density at radius 3 is 2.12 bits per heavy atom. The third kappa shape index (κ3) is 2.28. The zero-order chi connectivity index (χ0) is 11.6. The largest absolute Gasteiger partial charge is 0.329 e. The molecule has 16 heavy (non-hydrogen) atoms. The minimum absolute atomic E-state index is 0.459. The minimum atomic E-state index is 0.459. The van der Waals surface area contributed by atoms with Crippen molar-refractivity contribution in [3.8, 4) is 0 Å². The summed E-state index contributed by atoms with van der Waals surface area (Å²) in [6, 6.07) is 0. The molecule has 94 valence electrons. The molecular formula is C14H27NS. The van der Waals surface area contributed by atoms with Crippen molar-refractivity contribution >= 4 is 11.8 Å². The molecule has 0 spiro atoms. The Hall–Kier alpha value is 0.310. The molecule has 0 unspecified atom stereocenters. The van der Waals surface area contributed by atoms with E-state index in [1.54, 1.807) is 0 Å². The SMILES string of the molecule is CCC1(CC)CC(CN)(SC2CCCC2)C1. The van der Waals surface area contributed by atoms with Gasteiger partial charge in [-0.2, -0.15) is 11.8 Å². The Morgan fingerprint density at radius 1 is 1.12 bits per heavy atom. The van der Waals surface area contributed by atoms with Crippen LogP contribution in [0.5, 0.6) is 0 Å². The van der Waals surface area contributed by atoms with Crippen LogP contribution in [-0.2, 0) is 0 Å². The maximum Gasteiger partial charge on any atom is 0.0295 e. The van der Waals surface area contributed by atoms with E-state index in [1.807, 2.05) is 0 Å². The first kappa shape index (κ1) is 12.8. The molecule has 0 aromatic carbocycles. The first-order valence-corrected chi connectivity index (χ1v) is 7.93. The van der Waals surface area contributed by atoms with Gasteiger partial charge in [0.05, 0.1) is 0 Å². The summed E-state index contributed by atoms with van der Waals surface area (Å²) in [6.45, 7) is 5.60. The highest BCUT2D eigenvalue weighted by Crippen LogP contribution is 2.60. The quantitative estimate of drug-likeness (QED) is 0.788. The highest BCUT2D eigenvalue weighted by atomic mass is 32.2. The fourth-order valence-electron chi connectivity index (χ4n) is 3.70. The number of hydrogen-bond acceptors (Lipinski definition) is 2. The third-order valence-electron chi connectivity index (χ3n) is 4.99. The van der Waals surface area contributed by atoms with Crippen molar-refractivity contribution in [1.82, 2.24) is 0 Å². The normalized spacial score (nSPS) is 27.9. The predicted octanol–water partition coefficient (Wildman–Crippen LogP) is 3.96. The summed E-state index contributed by atoms with van der Waals surface area (Å²) in [7, 11) is 0. The Bertz CT molecular complexity index is 215. The summed E-state index contributed by atoms with van der Waals surface area (Å²) < 4.78 is 0.459. The summed E-state index contributed by atoms with van der Waals surface area (Å²) >= 11 is 2.25. The number of hydrogen-bond donors (Lipinski definition) is 1. The van der Waals surface area contributed by atoms with Gasteiger partial charge >= 0.3 is 0 Å². The van der Waals surface area contributed by atoms with E-state index in [0.717, 1.165) is 11.8 Å². The van der Waals surface area contributed by atoms with Crippen LogP contribution in [0.1, 0.15) is 65.2 Å². The van der Waals surface area contributed by atoms with E-state index in [-0.39, 0.29) is 0 Å². The molecule has 2 aliphatic rings. The zero-order valence-corrected chi connectivity index (χ0v) is 11.7. The van der Waals surface area contributed by atoms with Gasteiger partial charge in [0.1, 0.15) is 0 Å². The average Bonchev–Trinajstić information content (AvgIpc) is 2.76. The molecule has 0 atom stereocenters. The predicted molar refractivity (Wildman–Crippen MR) is 73.9 cm³/mol. The Morgan fingerprint density at radius 2 is 1.69 bits per heavy atom. The van der Waals surface area contributed by atoms with Crippen LogP contribution in [0.3, 0.4) is 0 Å². The highest BCUT2D eigenvalue weighted by Gasteiger charge is 2.52. The summed E-state index contributed by atoms with van der Waals surface area (Å²) in [5.74, 6) is 0. The Balaban J connectivity index is 1.90. The van der Waals surface area contributed by atoms with E-state index >= 15 is 0 Å². The van der Waals surface area contributed by atoms with Gasteiger partial charge in [0.25, 0.3) is 0 Å².